The lowest BCUT2D eigenvalue weighted by molar-refractivity contribution is -0.148. The summed E-state index contributed by atoms with van der Waals surface area (Å²) in [6.45, 7) is 6.60. The number of carbonyl (C=O) groups excluding carboxylic acids is 1. The van der Waals surface area contributed by atoms with E-state index in [2.05, 4.69) is 24.3 Å². The summed E-state index contributed by atoms with van der Waals surface area (Å²) in [5.41, 5.74) is 1.32. The molecule has 0 saturated heterocycles. The molecule has 2 aliphatic rings. The van der Waals surface area contributed by atoms with Crippen molar-refractivity contribution in [1.29, 1.82) is 5.26 Å². The van der Waals surface area contributed by atoms with E-state index in [1.54, 1.807) is 19.1 Å². The van der Waals surface area contributed by atoms with E-state index >= 15 is 0 Å². The summed E-state index contributed by atoms with van der Waals surface area (Å²) in [4.78, 5) is 11.5. The van der Waals surface area contributed by atoms with Crippen molar-refractivity contribution < 1.29 is 14.3 Å². The zero-order valence-corrected chi connectivity index (χ0v) is 15.6. The molecule has 0 aromatic heterocycles. The van der Waals surface area contributed by atoms with Crippen molar-refractivity contribution in [3.63, 3.8) is 0 Å². The molecule has 1 unspecified atom stereocenters. The molecule has 0 saturated carbocycles. The Hall–Kier alpha value is -2.80. The number of hydrogen-bond donors (Lipinski definition) is 0. The van der Waals surface area contributed by atoms with Gasteiger partial charge in [-0.05, 0) is 37.6 Å². The molecule has 1 aromatic rings. The molecule has 0 amide bonds. The Labute approximate surface area is 154 Å². The minimum Gasteiger partial charge on any atom is -0.493 e. The number of hydrogen-bond acceptors (Lipinski definition) is 4. The summed E-state index contributed by atoms with van der Waals surface area (Å²) in [5.74, 6) is 0.863. The Bertz CT molecular complexity index is 883. The van der Waals surface area contributed by atoms with Gasteiger partial charge in [-0.3, -0.25) is 4.79 Å². The molecular formula is C22H25NO3. The van der Waals surface area contributed by atoms with Gasteiger partial charge in [0.25, 0.3) is 0 Å². The van der Waals surface area contributed by atoms with Crippen LogP contribution in [0, 0.1) is 21.8 Å². The van der Waals surface area contributed by atoms with Crippen LogP contribution in [0.1, 0.15) is 57.3 Å². The third-order valence-corrected chi connectivity index (χ3v) is 4.15. The first-order valence-corrected chi connectivity index (χ1v) is 9.06. The van der Waals surface area contributed by atoms with Crippen LogP contribution in [0.15, 0.2) is 42.5 Å². The van der Waals surface area contributed by atoms with Gasteiger partial charge in [0.15, 0.2) is 0 Å². The Morgan fingerprint density at radius 1 is 1.19 bits per heavy atom. The molecule has 4 heteroatoms. The Morgan fingerprint density at radius 3 is 2.50 bits per heavy atom. The van der Waals surface area contributed by atoms with Gasteiger partial charge in [-0.25, -0.2) is 0 Å². The molecule has 0 bridgehead atoms. The molecule has 1 aromatic carbocycles. The van der Waals surface area contributed by atoms with Crippen molar-refractivity contribution in [2.75, 3.05) is 6.61 Å². The second-order valence-corrected chi connectivity index (χ2v) is 6.08. The fourth-order valence-corrected chi connectivity index (χ4v) is 2.62. The molecule has 0 fully saturated rings. The summed E-state index contributed by atoms with van der Waals surface area (Å²) < 4.78 is 10.6. The molecule has 1 atom stereocenters. The number of ether oxygens (including phenoxy) is 2. The second-order valence-electron chi connectivity index (χ2n) is 6.08. The minimum atomic E-state index is -0.366. The van der Waals surface area contributed by atoms with E-state index in [9.17, 15) is 4.79 Å². The molecular weight excluding hydrogens is 326 g/mol. The fourth-order valence-electron chi connectivity index (χ4n) is 2.62. The van der Waals surface area contributed by atoms with Crippen LogP contribution in [-0.2, 0) is 9.53 Å². The van der Waals surface area contributed by atoms with Gasteiger partial charge in [0.2, 0.25) is 0 Å². The standard InChI is InChI=1S/C14H17NO2.C8H8O/c1-3-4-9-14(16)17-11(2)13-8-6-5-7-12(13)10-15;1-2-9-8-5-6-3-4-7(6)8/h5-8,11H,3-4,9H2,1-2H3;3-5H,2H2,1H3. The van der Waals surface area contributed by atoms with E-state index in [0.717, 1.165) is 30.8 Å². The largest absolute Gasteiger partial charge is 0.493 e. The number of nitrogens with zero attached hydrogens (tertiary/aromatic N) is 1. The zero-order valence-electron chi connectivity index (χ0n) is 15.6. The molecule has 2 aliphatic carbocycles. The predicted octanol–water partition coefficient (Wildman–Crippen LogP) is 5.04. The van der Waals surface area contributed by atoms with Gasteiger partial charge in [-0.15, -0.1) is 0 Å². The van der Waals surface area contributed by atoms with Gasteiger partial charge in [0.05, 0.1) is 18.2 Å². The highest BCUT2D eigenvalue weighted by Crippen LogP contribution is 2.23. The number of rotatable bonds is 7. The first-order chi connectivity index (χ1) is 12.6. The number of nitriles is 1. The lowest BCUT2D eigenvalue weighted by Gasteiger charge is -2.14. The molecule has 26 heavy (non-hydrogen) atoms. The van der Waals surface area contributed by atoms with Crippen molar-refractivity contribution in [1.82, 2.24) is 0 Å². The second kappa shape index (κ2) is 9.62. The van der Waals surface area contributed by atoms with Crippen molar-refractivity contribution in [3.8, 4) is 11.8 Å². The van der Waals surface area contributed by atoms with Crippen molar-refractivity contribution in [2.45, 2.75) is 46.1 Å². The number of benzene rings is 2. The minimum absolute atomic E-state index is 0.202. The van der Waals surface area contributed by atoms with E-state index in [1.807, 2.05) is 26.0 Å². The van der Waals surface area contributed by atoms with E-state index in [1.165, 1.54) is 10.4 Å². The summed E-state index contributed by atoms with van der Waals surface area (Å²) in [7, 11) is 0. The van der Waals surface area contributed by atoms with Crippen LogP contribution in [0.2, 0.25) is 0 Å². The third kappa shape index (κ3) is 4.86. The van der Waals surface area contributed by atoms with Crippen LogP contribution < -0.4 is 4.74 Å². The highest BCUT2D eigenvalue weighted by atomic mass is 16.5. The smallest absolute Gasteiger partial charge is 0.306 e. The number of unbranched alkanes of at least 4 members (excludes halogenated alkanes) is 1. The summed E-state index contributed by atoms with van der Waals surface area (Å²) >= 11 is 0. The van der Waals surface area contributed by atoms with Gasteiger partial charge >= 0.3 is 5.97 Å². The molecule has 0 heterocycles. The summed E-state index contributed by atoms with van der Waals surface area (Å²) in [6.07, 6.45) is 1.88. The van der Waals surface area contributed by atoms with Gasteiger partial charge in [0, 0.05) is 17.2 Å². The molecule has 0 spiro atoms. The first kappa shape index (κ1) is 19.5. The highest BCUT2D eigenvalue weighted by molar-refractivity contribution is 5.69. The van der Waals surface area contributed by atoms with Crippen molar-refractivity contribution >= 4 is 5.97 Å². The van der Waals surface area contributed by atoms with Crippen LogP contribution >= 0.6 is 0 Å². The summed E-state index contributed by atoms with van der Waals surface area (Å²) in [5, 5.41) is 11.6. The molecule has 4 nitrogen and oxygen atoms in total. The molecule has 0 radical (unpaired) electrons. The van der Waals surface area contributed by atoms with E-state index < -0.39 is 0 Å². The maximum Gasteiger partial charge on any atom is 0.306 e. The maximum atomic E-state index is 11.5. The number of esters is 1. The van der Waals surface area contributed by atoms with Crippen molar-refractivity contribution in [2.24, 2.45) is 0 Å². The van der Waals surface area contributed by atoms with Gasteiger partial charge in [-0.2, -0.15) is 5.26 Å². The molecule has 0 aliphatic heterocycles. The quantitative estimate of drug-likeness (QED) is 0.560. The van der Waals surface area contributed by atoms with E-state index in [4.69, 9.17) is 14.7 Å². The van der Waals surface area contributed by atoms with Crippen LogP contribution in [-0.4, -0.2) is 12.6 Å². The van der Waals surface area contributed by atoms with Gasteiger partial charge in [-0.1, -0.05) is 43.7 Å². The lowest BCUT2D eigenvalue weighted by atomic mass is 10.0. The van der Waals surface area contributed by atoms with Crippen LogP contribution in [0.3, 0.4) is 0 Å². The Balaban J connectivity index is 0.000000223. The average Bonchev–Trinajstić information content (AvgIpc) is 2.64. The van der Waals surface area contributed by atoms with Gasteiger partial charge in [0.1, 0.15) is 11.9 Å². The SMILES string of the molecule is CCCCC(=O)OC(C)c1ccccc1C#N.CCOc1cc2ccc1=2. The van der Waals surface area contributed by atoms with Crippen molar-refractivity contribution in [3.05, 3.63) is 64.0 Å². The Morgan fingerprint density at radius 2 is 1.96 bits per heavy atom. The fraction of sp³-hybridized carbons (Fsp3) is 0.364. The third-order valence-electron chi connectivity index (χ3n) is 4.15. The molecule has 3 rings (SSSR count). The monoisotopic (exact) mass is 351 g/mol. The van der Waals surface area contributed by atoms with Crippen LogP contribution in [0.4, 0.5) is 0 Å². The topological polar surface area (TPSA) is 59.3 Å². The maximum absolute atomic E-state index is 11.5. The molecule has 136 valence electrons. The van der Waals surface area contributed by atoms with Crippen LogP contribution in [0.25, 0.3) is 0 Å². The Kier molecular flexibility index (Phi) is 7.23. The van der Waals surface area contributed by atoms with Gasteiger partial charge < -0.3 is 9.47 Å². The number of carbonyl (C=O) groups is 1. The normalized spacial score (nSPS) is 11.5. The highest BCUT2D eigenvalue weighted by Gasteiger charge is 2.14. The summed E-state index contributed by atoms with van der Waals surface area (Å²) in [6, 6.07) is 15.5. The lowest BCUT2D eigenvalue weighted by Crippen LogP contribution is -2.09. The van der Waals surface area contributed by atoms with Crippen LogP contribution in [0.5, 0.6) is 5.75 Å². The van der Waals surface area contributed by atoms with E-state index in [-0.39, 0.29) is 12.1 Å². The predicted molar refractivity (Wildman–Crippen MR) is 100 cm³/mol. The molecule has 0 N–H and O–H groups in total. The average molecular weight is 351 g/mol. The zero-order chi connectivity index (χ0) is 18.9. The van der Waals surface area contributed by atoms with E-state index in [0.29, 0.717) is 12.0 Å². The first-order valence-electron chi connectivity index (χ1n) is 9.06.